The second-order valence-electron chi connectivity index (χ2n) is 4.11. The van der Waals surface area contributed by atoms with Gasteiger partial charge in [-0.05, 0) is 24.3 Å². The predicted octanol–water partition coefficient (Wildman–Crippen LogP) is 3.24. The third kappa shape index (κ3) is 4.02. The lowest BCUT2D eigenvalue weighted by Crippen LogP contribution is -2.24. The molecule has 0 aliphatic rings. The fraction of sp³-hybridized carbons (Fsp3) is 0.167. The minimum absolute atomic E-state index is 0.0453. The van der Waals surface area contributed by atoms with E-state index in [1.54, 1.807) is 12.1 Å². The standard InChI is InChI=1S/C12H11BrClFN2O2S2/c13-8-3-7(5-16)12(15)10(4-8)21(18,19)17-6-9-1-2-11(14)20-9/h1-4,17H,5-6,16H2. The van der Waals surface area contributed by atoms with Crippen molar-refractivity contribution in [2.75, 3.05) is 0 Å². The Balaban J connectivity index is 2.29. The molecule has 4 nitrogen and oxygen atoms in total. The molecule has 0 bridgehead atoms. The lowest BCUT2D eigenvalue weighted by Gasteiger charge is -2.10. The maximum absolute atomic E-state index is 14.1. The second kappa shape index (κ2) is 6.72. The molecule has 21 heavy (non-hydrogen) atoms. The number of sulfonamides is 1. The van der Waals surface area contributed by atoms with Gasteiger partial charge < -0.3 is 5.73 Å². The van der Waals surface area contributed by atoms with Gasteiger partial charge in [-0.15, -0.1) is 11.3 Å². The number of thiophene rings is 1. The minimum Gasteiger partial charge on any atom is -0.326 e. The third-order valence-corrected chi connectivity index (χ3v) is 5.74. The SMILES string of the molecule is NCc1cc(Br)cc(S(=O)(=O)NCc2ccc(Cl)s2)c1F. The molecular weight excluding hydrogens is 403 g/mol. The van der Waals surface area contributed by atoms with Crippen LogP contribution in [0.1, 0.15) is 10.4 Å². The maximum Gasteiger partial charge on any atom is 0.243 e. The van der Waals surface area contributed by atoms with Crippen molar-refractivity contribution in [3.05, 3.63) is 49.3 Å². The van der Waals surface area contributed by atoms with Crippen molar-refractivity contribution in [1.82, 2.24) is 4.72 Å². The largest absolute Gasteiger partial charge is 0.326 e. The summed E-state index contributed by atoms with van der Waals surface area (Å²) in [4.78, 5) is 0.304. The Morgan fingerprint density at radius 1 is 1.38 bits per heavy atom. The van der Waals surface area contributed by atoms with Crippen LogP contribution < -0.4 is 10.5 Å². The van der Waals surface area contributed by atoms with Gasteiger partial charge in [-0.3, -0.25) is 0 Å². The summed E-state index contributed by atoms with van der Waals surface area (Å²) in [6.07, 6.45) is 0. The summed E-state index contributed by atoms with van der Waals surface area (Å²) in [5.74, 6) is -0.836. The van der Waals surface area contributed by atoms with Gasteiger partial charge in [-0.25, -0.2) is 17.5 Å². The summed E-state index contributed by atoms with van der Waals surface area (Å²) < 4.78 is 41.9. The monoisotopic (exact) mass is 412 g/mol. The number of nitrogens with one attached hydrogen (secondary N) is 1. The molecular formula is C12H11BrClFN2O2S2. The topological polar surface area (TPSA) is 72.2 Å². The van der Waals surface area contributed by atoms with E-state index in [4.69, 9.17) is 17.3 Å². The van der Waals surface area contributed by atoms with Crippen LogP contribution in [0.2, 0.25) is 4.34 Å². The summed E-state index contributed by atoms with van der Waals surface area (Å²) in [5, 5.41) is 0. The molecule has 1 aromatic carbocycles. The van der Waals surface area contributed by atoms with E-state index in [0.717, 1.165) is 4.88 Å². The molecule has 0 amide bonds. The zero-order valence-electron chi connectivity index (χ0n) is 10.6. The first-order chi connectivity index (χ1) is 9.83. The van der Waals surface area contributed by atoms with Crippen LogP contribution in [-0.2, 0) is 23.1 Å². The Morgan fingerprint density at radius 3 is 2.67 bits per heavy atom. The molecule has 0 aliphatic heterocycles. The number of halogens is 3. The summed E-state index contributed by atoms with van der Waals surface area (Å²) in [6, 6.07) is 6.03. The molecule has 2 aromatic rings. The second-order valence-corrected chi connectivity index (χ2v) is 8.56. The lowest BCUT2D eigenvalue weighted by molar-refractivity contribution is 0.549. The Hall–Kier alpha value is -0.510. The normalized spacial score (nSPS) is 11.8. The van der Waals surface area contributed by atoms with Gasteiger partial charge in [0.05, 0.1) is 4.34 Å². The lowest BCUT2D eigenvalue weighted by atomic mass is 10.2. The molecule has 0 aliphatic carbocycles. The number of nitrogens with two attached hydrogens (primary N) is 1. The first-order valence-electron chi connectivity index (χ1n) is 5.75. The Morgan fingerprint density at radius 2 is 2.10 bits per heavy atom. The molecule has 0 radical (unpaired) electrons. The van der Waals surface area contributed by atoms with Gasteiger partial charge in [0, 0.05) is 28.0 Å². The van der Waals surface area contributed by atoms with E-state index < -0.39 is 20.7 Å². The molecule has 1 heterocycles. The van der Waals surface area contributed by atoms with Gasteiger partial charge in [0.1, 0.15) is 10.7 Å². The number of benzene rings is 1. The Labute approximate surface area is 139 Å². The van der Waals surface area contributed by atoms with Crippen molar-refractivity contribution < 1.29 is 12.8 Å². The molecule has 114 valence electrons. The first-order valence-corrected chi connectivity index (χ1v) is 9.22. The molecule has 0 spiro atoms. The van der Waals surface area contributed by atoms with Crippen LogP contribution in [0.5, 0.6) is 0 Å². The van der Waals surface area contributed by atoms with Crippen molar-refractivity contribution >= 4 is 48.9 Å². The molecule has 2 rings (SSSR count). The Kier molecular flexibility index (Phi) is 5.39. The minimum atomic E-state index is -3.98. The highest BCUT2D eigenvalue weighted by Gasteiger charge is 2.22. The summed E-state index contributed by atoms with van der Waals surface area (Å²) in [6.45, 7) is -0.0437. The summed E-state index contributed by atoms with van der Waals surface area (Å²) in [5.41, 5.74) is 5.54. The highest BCUT2D eigenvalue weighted by Crippen LogP contribution is 2.25. The van der Waals surface area contributed by atoms with Gasteiger partial charge in [-0.1, -0.05) is 27.5 Å². The van der Waals surface area contributed by atoms with Crippen molar-refractivity contribution in [2.45, 2.75) is 18.0 Å². The van der Waals surface area contributed by atoms with Gasteiger partial charge >= 0.3 is 0 Å². The fourth-order valence-electron chi connectivity index (χ4n) is 1.65. The van der Waals surface area contributed by atoms with Gasteiger partial charge in [-0.2, -0.15) is 0 Å². The number of hydrogen-bond donors (Lipinski definition) is 2. The van der Waals surface area contributed by atoms with Gasteiger partial charge in [0.2, 0.25) is 10.0 Å². The quantitative estimate of drug-likeness (QED) is 0.790. The number of hydrogen-bond acceptors (Lipinski definition) is 4. The smallest absolute Gasteiger partial charge is 0.243 e. The molecule has 0 fully saturated rings. The van der Waals surface area contributed by atoms with E-state index in [1.165, 1.54) is 23.5 Å². The van der Waals surface area contributed by atoms with Crippen LogP contribution >= 0.6 is 38.9 Å². The predicted molar refractivity (Wildman–Crippen MR) is 85.3 cm³/mol. The molecule has 0 saturated carbocycles. The van der Waals surface area contributed by atoms with E-state index in [0.29, 0.717) is 8.81 Å². The van der Waals surface area contributed by atoms with Crippen molar-refractivity contribution in [2.24, 2.45) is 5.73 Å². The Bertz CT molecular complexity index is 765. The zero-order valence-corrected chi connectivity index (χ0v) is 14.5. The third-order valence-electron chi connectivity index (χ3n) is 2.65. The van der Waals surface area contributed by atoms with E-state index >= 15 is 0 Å². The van der Waals surface area contributed by atoms with Crippen LogP contribution in [-0.4, -0.2) is 8.42 Å². The maximum atomic E-state index is 14.1. The van der Waals surface area contributed by atoms with E-state index in [-0.39, 0.29) is 18.7 Å². The molecule has 0 saturated heterocycles. The van der Waals surface area contributed by atoms with E-state index in [2.05, 4.69) is 20.7 Å². The summed E-state index contributed by atoms with van der Waals surface area (Å²) >= 11 is 10.2. The van der Waals surface area contributed by atoms with Crippen molar-refractivity contribution in [1.29, 1.82) is 0 Å². The highest BCUT2D eigenvalue weighted by molar-refractivity contribution is 9.10. The fourth-order valence-corrected chi connectivity index (χ4v) is 4.58. The van der Waals surface area contributed by atoms with Crippen molar-refractivity contribution in [3.63, 3.8) is 0 Å². The highest BCUT2D eigenvalue weighted by atomic mass is 79.9. The number of rotatable bonds is 5. The van der Waals surface area contributed by atoms with Gasteiger partial charge in [0.15, 0.2) is 0 Å². The van der Waals surface area contributed by atoms with Gasteiger partial charge in [0.25, 0.3) is 0 Å². The van der Waals surface area contributed by atoms with Crippen LogP contribution in [0, 0.1) is 5.82 Å². The van der Waals surface area contributed by atoms with Crippen LogP contribution in [0.4, 0.5) is 4.39 Å². The van der Waals surface area contributed by atoms with Crippen LogP contribution in [0.25, 0.3) is 0 Å². The average molecular weight is 414 g/mol. The molecule has 1 aromatic heterocycles. The van der Waals surface area contributed by atoms with Crippen LogP contribution in [0.15, 0.2) is 33.6 Å². The van der Waals surface area contributed by atoms with Crippen molar-refractivity contribution in [3.8, 4) is 0 Å². The summed E-state index contributed by atoms with van der Waals surface area (Å²) in [7, 11) is -3.98. The van der Waals surface area contributed by atoms with E-state index in [9.17, 15) is 12.8 Å². The van der Waals surface area contributed by atoms with Crippen LogP contribution in [0.3, 0.4) is 0 Å². The molecule has 3 N–H and O–H groups in total. The zero-order chi connectivity index (χ0) is 15.6. The molecule has 9 heteroatoms. The first kappa shape index (κ1) is 16.9. The molecule has 0 atom stereocenters. The molecule has 0 unspecified atom stereocenters. The van der Waals surface area contributed by atoms with E-state index in [1.807, 2.05) is 0 Å². The average Bonchev–Trinajstić information content (AvgIpc) is 2.84.